The first kappa shape index (κ1) is 6.58. The lowest BCUT2D eigenvalue weighted by molar-refractivity contribution is 1.18. The van der Waals surface area contributed by atoms with Gasteiger partial charge in [-0.1, -0.05) is 23.2 Å². The highest BCUT2D eigenvalue weighted by Gasteiger charge is 1.98. The largest absolute Gasteiger partial charge is 0.368 e. The Morgan fingerprint density at radius 3 is 2.56 bits per heavy atom. The molecule has 5 heteroatoms. The molecule has 0 bridgehead atoms. The molecule has 3 nitrogen and oxygen atoms in total. The van der Waals surface area contributed by atoms with Crippen LogP contribution in [0.3, 0.4) is 0 Å². The topological polar surface area (TPSA) is 51.8 Å². The first-order chi connectivity index (χ1) is 4.20. The van der Waals surface area contributed by atoms with Gasteiger partial charge in [-0.15, -0.1) is 0 Å². The Morgan fingerprint density at radius 2 is 2.11 bits per heavy atom. The van der Waals surface area contributed by atoms with Crippen molar-refractivity contribution in [1.82, 2.24) is 9.97 Å². The molecule has 9 heavy (non-hydrogen) atoms. The van der Waals surface area contributed by atoms with Crippen LogP contribution in [-0.2, 0) is 0 Å². The molecular weight excluding hydrogens is 161 g/mol. The fourth-order valence-corrected chi connectivity index (χ4v) is 0.540. The molecule has 0 aromatic carbocycles. The van der Waals surface area contributed by atoms with Crippen molar-refractivity contribution in [3.63, 3.8) is 0 Å². The van der Waals surface area contributed by atoms with E-state index in [-0.39, 0.29) is 16.1 Å². The van der Waals surface area contributed by atoms with E-state index in [1.807, 2.05) is 0 Å². The summed E-state index contributed by atoms with van der Waals surface area (Å²) in [6.07, 6.45) is 2.36. The lowest BCUT2D eigenvalue weighted by Crippen LogP contribution is -1.93. The highest BCUT2D eigenvalue weighted by molar-refractivity contribution is 6.41. The number of hydrogen-bond acceptors (Lipinski definition) is 3. The minimum atomic E-state index is 0.0735. The highest BCUT2D eigenvalue weighted by atomic mass is 35.5. The first-order valence-corrected chi connectivity index (χ1v) is 2.82. The summed E-state index contributed by atoms with van der Waals surface area (Å²) < 4.78 is 0. The molecule has 0 atom stereocenters. The Morgan fingerprint density at radius 1 is 1.44 bits per heavy atom. The summed E-state index contributed by atoms with van der Waals surface area (Å²) in [6, 6.07) is 0. The zero-order valence-electron chi connectivity index (χ0n) is 4.23. The number of anilines is 1. The predicted octanol–water partition coefficient (Wildman–Crippen LogP) is 1.17. The SMILES string of the molecule is Nc1n[c]c(Cl)c(Cl)n1. The molecule has 1 heterocycles. The normalized spacial score (nSPS) is 9.56. The van der Waals surface area contributed by atoms with E-state index in [1.54, 1.807) is 0 Å². The van der Waals surface area contributed by atoms with Gasteiger partial charge in [-0.3, -0.25) is 0 Å². The lowest BCUT2D eigenvalue weighted by Gasteiger charge is -1.91. The third kappa shape index (κ3) is 1.43. The number of hydrogen-bond donors (Lipinski definition) is 1. The average molecular weight is 163 g/mol. The van der Waals surface area contributed by atoms with Gasteiger partial charge >= 0.3 is 0 Å². The molecule has 0 fully saturated rings. The predicted molar refractivity (Wildman–Crippen MR) is 35.3 cm³/mol. The average Bonchev–Trinajstić information content (AvgIpc) is 1.80. The lowest BCUT2D eigenvalue weighted by atomic mass is 10.7. The molecule has 0 saturated carbocycles. The Kier molecular flexibility index (Phi) is 1.73. The van der Waals surface area contributed by atoms with Crippen molar-refractivity contribution in [3.05, 3.63) is 16.4 Å². The van der Waals surface area contributed by atoms with E-state index in [9.17, 15) is 0 Å². The van der Waals surface area contributed by atoms with Crippen LogP contribution in [0.25, 0.3) is 0 Å². The van der Waals surface area contributed by atoms with Gasteiger partial charge in [0.2, 0.25) is 5.95 Å². The van der Waals surface area contributed by atoms with Gasteiger partial charge < -0.3 is 5.73 Å². The molecule has 0 unspecified atom stereocenters. The number of nitrogens with zero attached hydrogens (tertiary/aromatic N) is 2. The molecular formula is C4H2Cl2N3. The summed E-state index contributed by atoms with van der Waals surface area (Å²) in [5, 5.41) is 0.315. The fraction of sp³-hybridized carbons (Fsp3) is 0. The van der Waals surface area contributed by atoms with Gasteiger partial charge in [0, 0.05) is 0 Å². The van der Waals surface area contributed by atoms with E-state index in [1.165, 1.54) is 0 Å². The molecule has 0 aliphatic carbocycles. The first-order valence-electron chi connectivity index (χ1n) is 2.06. The Hall–Kier alpha value is -0.540. The summed E-state index contributed by atoms with van der Waals surface area (Å²) in [4.78, 5) is 7.01. The van der Waals surface area contributed by atoms with Gasteiger partial charge in [0.05, 0.1) is 0 Å². The second-order valence-electron chi connectivity index (χ2n) is 1.30. The van der Waals surface area contributed by atoms with Crippen LogP contribution in [0.15, 0.2) is 0 Å². The van der Waals surface area contributed by atoms with Crippen LogP contribution >= 0.6 is 23.2 Å². The zero-order chi connectivity index (χ0) is 6.85. The van der Waals surface area contributed by atoms with Crippen LogP contribution in [0.2, 0.25) is 10.2 Å². The Balaban J connectivity index is 3.17. The van der Waals surface area contributed by atoms with E-state index >= 15 is 0 Å². The van der Waals surface area contributed by atoms with Crippen molar-refractivity contribution in [1.29, 1.82) is 0 Å². The van der Waals surface area contributed by atoms with Crippen LogP contribution in [0.4, 0.5) is 5.95 Å². The Bertz CT molecular complexity index is 225. The van der Waals surface area contributed by atoms with Crippen molar-refractivity contribution in [2.45, 2.75) is 0 Å². The number of aromatic nitrogens is 2. The third-order valence-corrected chi connectivity index (χ3v) is 1.30. The molecule has 0 saturated heterocycles. The summed E-state index contributed by atoms with van der Waals surface area (Å²) in [5.74, 6) is 0.0735. The number of rotatable bonds is 0. The van der Waals surface area contributed by atoms with Crippen LogP contribution < -0.4 is 5.73 Å². The van der Waals surface area contributed by atoms with Crippen molar-refractivity contribution in [2.75, 3.05) is 5.73 Å². The maximum atomic E-state index is 5.42. The third-order valence-electron chi connectivity index (χ3n) is 0.662. The zero-order valence-corrected chi connectivity index (χ0v) is 5.74. The molecule has 1 aromatic rings. The smallest absolute Gasteiger partial charge is 0.222 e. The molecule has 0 spiro atoms. The second-order valence-corrected chi connectivity index (χ2v) is 2.03. The van der Waals surface area contributed by atoms with Crippen molar-refractivity contribution >= 4 is 29.2 Å². The summed E-state index contributed by atoms with van der Waals surface area (Å²) in [5.41, 5.74) is 5.13. The maximum absolute atomic E-state index is 5.42. The number of nitrogens with two attached hydrogens (primary N) is 1. The maximum Gasteiger partial charge on any atom is 0.222 e. The molecule has 2 N–H and O–H groups in total. The van der Waals surface area contributed by atoms with Crippen LogP contribution in [0.5, 0.6) is 0 Å². The minimum Gasteiger partial charge on any atom is -0.368 e. The minimum absolute atomic E-state index is 0.0735. The molecule has 1 rings (SSSR count). The van der Waals surface area contributed by atoms with Crippen LogP contribution in [0.1, 0.15) is 0 Å². The van der Waals surface area contributed by atoms with E-state index in [0.717, 1.165) is 0 Å². The van der Waals surface area contributed by atoms with Crippen LogP contribution in [-0.4, -0.2) is 9.97 Å². The molecule has 47 valence electrons. The van der Waals surface area contributed by atoms with Crippen molar-refractivity contribution in [2.24, 2.45) is 0 Å². The van der Waals surface area contributed by atoms with Crippen LogP contribution in [0, 0.1) is 6.20 Å². The highest BCUT2D eigenvalue weighted by Crippen LogP contribution is 2.16. The van der Waals surface area contributed by atoms with E-state index in [4.69, 9.17) is 28.9 Å². The monoisotopic (exact) mass is 162 g/mol. The fourth-order valence-electron chi connectivity index (χ4n) is 0.327. The molecule has 0 aliphatic rings. The van der Waals surface area contributed by atoms with Gasteiger partial charge in [-0.2, -0.15) is 4.98 Å². The van der Waals surface area contributed by atoms with Gasteiger partial charge in [0.15, 0.2) is 5.15 Å². The van der Waals surface area contributed by atoms with Gasteiger partial charge in [0.1, 0.15) is 11.2 Å². The quantitative estimate of drug-likeness (QED) is 0.584. The number of halogens is 2. The molecule has 1 aromatic heterocycles. The summed E-state index contributed by atoms with van der Waals surface area (Å²) >= 11 is 10.8. The van der Waals surface area contributed by atoms with E-state index < -0.39 is 0 Å². The standard InChI is InChI=1S/C4H2Cl2N3/c5-2-1-8-4(7)9-3(2)6/h(H2,7,8,9). The second kappa shape index (κ2) is 2.37. The molecule has 0 amide bonds. The van der Waals surface area contributed by atoms with E-state index in [0.29, 0.717) is 0 Å². The molecule has 0 aliphatic heterocycles. The number of nitrogen functional groups attached to an aromatic ring is 1. The van der Waals surface area contributed by atoms with Gasteiger partial charge in [-0.05, 0) is 0 Å². The van der Waals surface area contributed by atoms with Crippen molar-refractivity contribution in [3.8, 4) is 0 Å². The summed E-state index contributed by atoms with van der Waals surface area (Å²) in [6.45, 7) is 0. The van der Waals surface area contributed by atoms with Gasteiger partial charge in [-0.25, -0.2) is 4.98 Å². The summed E-state index contributed by atoms with van der Waals surface area (Å²) in [7, 11) is 0. The van der Waals surface area contributed by atoms with Crippen molar-refractivity contribution < 1.29 is 0 Å². The Labute approximate surface area is 61.8 Å². The van der Waals surface area contributed by atoms with E-state index in [2.05, 4.69) is 16.2 Å². The van der Waals surface area contributed by atoms with Gasteiger partial charge in [0.25, 0.3) is 0 Å². The molecule has 1 radical (unpaired) electrons.